The number of nitrogens with one attached hydrogen (secondary N) is 3. The van der Waals surface area contributed by atoms with Crippen LogP contribution in [0.25, 0.3) is 11.1 Å². The number of hydrogen-bond donors (Lipinski definition) is 3. The van der Waals surface area contributed by atoms with Crippen LogP contribution in [0.4, 0.5) is 17.5 Å². The molecule has 8 heteroatoms. The Morgan fingerprint density at radius 2 is 1.80 bits per heavy atom. The highest BCUT2D eigenvalue weighted by atomic mass is 32.2. The lowest BCUT2D eigenvalue weighted by Gasteiger charge is -2.14. The third kappa shape index (κ3) is 6.03. The van der Waals surface area contributed by atoms with E-state index in [2.05, 4.69) is 32.5 Å². The van der Waals surface area contributed by atoms with Gasteiger partial charge in [0.15, 0.2) is 0 Å². The Morgan fingerprint density at radius 1 is 0.943 bits per heavy atom. The number of benzene rings is 3. The lowest BCUT2D eigenvalue weighted by molar-refractivity contribution is 0.322. The minimum Gasteiger partial charge on any atom is -0.493 e. The molecule has 0 saturated heterocycles. The van der Waals surface area contributed by atoms with E-state index in [1.165, 1.54) is 5.56 Å². The van der Waals surface area contributed by atoms with Crippen molar-refractivity contribution in [2.45, 2.75) is 17.7 Å². The van der Waals surface area contributed by atoms with Crippen molar-refractivity contribution in [3.63, 3.8) is 0 Å². The molecule has 0 aliphatic carbocycles. The molecule has 1 aromatic heterocycles. The van der Waals surface area contributed by atoms with Crippen molar-refractivity contribution in [2.75, 3.05) is 30.3 Å². The van der Waals surface area contributed by atoms with Crippen molar-refractivity contribution < 1.29 is 8.95 Å². The van der Waals surface area contributed by atoms with Crippen LogP contribution in [0.1, 0.15) is 12.0 Å². The highest BCUT2D eigenvalue weighted by Gasteiger charge is 2.12. The van der Waals surface area contributed by atoms with E-state index in [1.807, 2.05) is 72.9 Å². The largest absolute Gasteiger partial charge is 0.493 e. The molecule has 0 radical (unpaired) electrons. The molecule has 7 nitrogen and oxygen atoms in total. The summed E-state index contributed by atoms with van der Waals surface area (Å²) in [6.07, 6.45) is 3.49. The van der Waals surface area contributed by atoms with Gasteiger partial charge < -0.3 is 15.4 Å². The van der Waals surface area contributed by atoms with Crippen molar-refractivity contribution >= 4 is 28.4 Å². The highest BCUT2D eigenvalue weighted by Crippen LogP contribution is 2.29. The first kappa shape index (κ1) is 23.0. The van der Waals surface area contributed by atoms with Gasteiger partial charge in [-0.3, -0.25) is 0 Å². The van der Waals surface area contributed by atoms with E-state index in [0.29, 0.717) is 30.5 Å². The van der Waals surface area contributed by atoms with Crippen LogP contribution in [0.5, 0.6) is 5.75 Å². The summed E-state index contributed by atoms with van der Waals surface area (Å²) in [5, 5.41) is 6.64. The zero-order valence-corrected chi connectivity index (χ0v) is 20.1. The van der Waals surface area contributed by atoms with Crippen LogP contribution < -0.4 is 20.1 Å². The molecule has 3 aromatic carbocycles. The molecule has 5 rings (SSSR count). The van der Waals surface area contributed by atoms with E-state index in [1.54, 1.807) is 0 Å². The van der Waals surface area contributed by atoms with Crippen molar-refractivity contribution in [3.05, 3.63) is 90.6 Å². The molecule has 1 unspecified atom stereocenters. The molecule has 0 fully saturated rings. The van der Waals surface area contributed by atoms with Gasteiger partial charge in [0.05, 0.1) is 11.5 Å². The fourth-order valence-electron chi connectivity index (χ4n) is 3.81. The SMILES string of the molecule is O=S1NCCCNc2nc(ncc2-c2ccc(OCCc3ccccc3)cc2)Nc2cccc1c2. The standard InChI is InChI=1S/C27H27N5O2S/c33-35-24-9-4-8-22(18-24)31-27-29-19-25(26(32-27)28-15-5-16-30-35)21-10-12-23(13-11-21)34-17-14-20-6-2-1-3-7-20/h1-4,6-13,18-19,30H,5,14-17H2,(H2,28,29,31,32). The average Bonchev–Trinajstić information content (AvgIpc) is 2.90. The number of aromatic nitrogens is 2. The Bertz CT molecular complexity index is 1300. The molecule has 2 heterocycles. The first-order valence-electron chi connectivity index (χ1n) is 11.6. The van der Waals surface area contributed by atoms with Gasteiger partial charge in [-0.05, 0) is 47.9 Å². The van der Waals surface area contributed by atoms with E-state index >= 15 is 0 Å². The maximum Gasteiger partial charge on any atom is 0.229 e. The molecule has 1 aliphatic heterocycles. The van der Waals surface area contributed by atoms with E-state index in [0.717, 1.165) is 41.2 Å². The van der Waals surface area contributed by atoms with Crippen LogP contribution in [0.2, 0.25) is 0 Å². The monoisotopic (exact) mass is 485 g/mol. The Balaban J connectivity index is 1.32. The Hall–Kier alpha value is -3.75. The first-order chi connectivity index (χ1) is 17.2. The molecule has 1 aliphatic rings. The summed E-state index contributed by atoms with van der Waals surface area (Å²) in [7, 11) is -1.26. The third-order valence-corrected chi connectivity index (χ3v) is 6.79. The second-order valence-corrected chi connectivity index (χ2v) is 9.46. The van der Waals surface area contributed by atoms with Crippen LogP contribution in [-0.2, 0) is 17.4 Å². The van der Waals surface area contributed by atoms with Crippen LogP contribution in [-0.4, -0.2) is 33.9 Å². The Labute approximate surface area is 207 Å². The summed E-state index contributed by atoms with van der Waals surface area (Å²) in [6, 6.07) is 25.8. The number of ether oxygens (including phenoxy) is 1. The molecule has 0 spiro atoms. The topological polar surface area (TPSA) is 88.2 Å². The van der Waals surface area contributed by atoms with Crippen molar-refractivity contribution in [2.24, 2.45) is 0 Å². The predicted molar refractivity (Wildman–Crippen MR) is 140 cm³/mol. The van der Waals surface area contributed by atoms with Crippen molar-refractivity contribution in [1.82, 2.24) is 14.7 Å². The van der Waals surface area contributed by atoms with Crippen LogP contribution in [0.3, 0.4) is 0 Å². The number of hydrogen-bond acceptors (Lipinski definition) is 6. The van der Waals surface area contributed by atoms with Gasteiger partial charge in [-0.1, -0.05) is 48.5 Å². The number of fused-ring (bicyclic) bond motifs is 4. The fraction of sp³-hybridized carbons (Fsp3) is 0.185. The van der Waals surface area contributed by atoms with Gasteiger partial charge in [0.1, 0.15) is 22.6 Å². The Kier molecular flexibility index (Phi) is 7.31. The fourth-order valence-corrected chi connectivity index (χ4v) is 4.74. The zero-order chi connectivity index (χ0) is 23.9. The molecule has 4 aromatic rings. The maximum absolute atomic E-state index is 12.5. The molecular formula is C27H27N5O2S. The summed E-state index contributed by atoms with van der Waals surface area (Å²) in [6.45, 7) is 1.94. The lowest BCUT2D eigenvalue weighted by Crippen LogP contribution is -2.20. The van der Waals surface area contributed by atoms with Crippen LogP contribution in [0.15, 0.2) is 90.0 Å². The second-order valence-electron chi connectivity index (χ2n) is 8.16. The summed E-state index contributed by atoms with van der Waals surface area (Å²) < 4.78 is 21.5. The molecule has 178 valence electrons. The minimum absolute atomic E-state index is 0.479. The predicted octanol–water partition coefficient (Wildman–Crippen LogP) is 4.94. The van der Waals surface area contributed by atoms with Gasteiger partial charge in [-0.2, -0.15) is 4.98 Å². The summed E-state index contributed by atoms with van der Waals surface area (Å²) in [5.74, 6) is 2.06. The van der Waals surface area contributed by atoms with Gasteiger partial charge in [0.2, 0.25) is 5.95 Å². The lowest BCUT2D eigenvalue weighted by atomic mass is 10.1. The number of anilines is 3. The first-order valence-corrected chi connectivity index (χ1v) is 12.8. The molecular weight excluding hydrogens is 458 g/mol. The summed E-state index contributed by atoms with van der Waals surface area (Å²) >= 11 is 0. The van der Waals surface area contributed by atoms with E-state index in [4.69, 9.17) is 9.72 Å². The Morgan fingerprint density at radius 3 is 2.66 bits per heavy atom. The maximum atomic E-state index is 12.5. The molecule has 0 saturated carbocycles. The van der Waals surface area contributed by atoms with Gasteiger partial charge in [0, 0.05) is 37.0 Å². The van der Waals surface area contributed by atoms with Crippen molar-refractivity contribution in [3.8, 4) is 16.9 Å². The number of nitrogens with zero attached hydrogens (tertiary/aromatic N) is 2. The highest BCUT2D eigenvalue weighted by molar-refractivity contribution is 7.83. The minimum atomic E-state index is -1.26. The average molecular weight is 486 g/mol. The zero-order valence-electron chi connectivity index (χ0n) is 19.2. The molecule has 3 N–H and O–H groups in total. The van der Waals surface area contributed by atoms with E-state index in [9.17, 15) is 4.21 Å². The molecule has 0 amide bonds. The number of rotatable bonds is 5. The van der Waals surface area contributed by atoms with E-state index in [-0.39, 0.29) is 0 Å². The quantitative estimate of drug-likeness (QED) is 0.371. The van der Waals surface area contributed by atoms with Gasteiger partial charge >= 0.3 is 0 Å². The molecule has 35 heavy (non-hydrogen) atoms. The molecule has 4 bridgehead atoms. The summed E-state index contributed by atoms with van der Waals surface area (Å²) in [4.78, 5) is 9.97. The normalized spacial score (nSPS) is 15.5. The van der Waals surface area contributed by atoms with Crippen LogP contribution >= 0.6 is 0 Å². The second kappa shape index (κ2) is 11.1. The van der Waals surface area contributed by atoms with Gasteiger partial charge in [0.25, 0.3) is 0 Å². The van der Waals surface area contributed by atoms with Crippen molar-refractivity contribution in [1.29, 1.82) is 0 Å². The van der Waals surface area contributed by atoms with Gasteiger partial charge in [-0.25, -0.2) is 13.9 Å². The molecule has 1 atom stereocenters. The smallest absolute Gasteiger partial charge is 0.229 e. The van der Waals surface area contributed by atoms with Crippen LogP contribution in [0, 0.1) is 0 Å². The summed E-state index contributed by atoms with van der Waals surface area (Å²) in [5.41, 5.74) is 3.95. The van der Waals surface area contributed by atoms with Gasteiger partial charge in [-0.15, -0.1) is 0 Å². The van der Waals surface area contributed by atoms with E-state index < -0.39 is 11.0 Å². The third-order valence-electron chi connectivity index (χ3n) is 5.64.